The number of carbonyl (C=O) groups is 1. The number of aliphatic imine (C=N–C) groups is 1. The third-order valence-corrected chi connectivity index (χ3v) is 9.60. The van der Waals surface area contributed by atoms with E-state index >= 15 is 0 Å². The molecule has 0 radical (unpaired) electrons. The van der Waals surface area contributed by atoms with Crippen molar-refractivity contribution >= 4 is 38.4 Å². The van der Waals surface area contributed by atoms with Crippen LogP contribution >= 0.6 is 11.8 Å². The highest BCUT2D eigenvalue weighted by Crippen LogP contribution is 2.41. The third kappa shape index (κ3) is 5.64. The lowest BCUT2D eigenvalue weighted by atomic mass is 10.0. The summed E-state index contributed by atoms with van der Waals surface area (Å²) in [5.41, 5.74) is 0.841. The smallest absolute Gasteiger partial charge is 0.248 e. The Bertz CT molecular complexity index is 925. The molecule has 8 heteroatoms. The molecule has 2 aliphatic heterocycles. The number of unbranched alkanes of at least 4 members (excludes halogenated alkanes) is 1. The number of thioether (sulfide) groups is 1. The summed E-state index contributed by atoms with van der Waals surface area (Å²) >= 11 is 1.44. The molecular weight excluding hydrogens is 432 g/mol. The summed E-state index contributed by atoms with van der Waals surface area (Å²) in [5, 5.41) is 0.545. The van der Waals surface area contributed by atoms with E-state index in [1.165, 1.54) is 37.4 Å². The molecule has 1 aromatic carbocycles. The maximum absolute atomic E-state index is 12.7. The second-order valence-corrected chi connectivity index (χ2v) is 12.2. The molecule has 3 fully saturated rings. The van der Waals surface area contributed by atoms with Gasteiger partial charge in [-0.05, 0) is 30.9 Å². The average Bonchev–Trinajstić information content (AvgIpc) is 3.41. The number of benzene rings is 1. The van der Waals surface area contributed by atoms with Crippen molar-refractivity contribution in [3.63, 3.8) is 0 Å². The monoisotopic (exact) mass is 464 g/mol. The highest BCUT2D eigenvalue weighted by molar-refractivity contribution is 8.16. The quantitative estimate of drug-likeness (QED) is 0.530. The van der Waals surface area contributed by atoms with E-state index < -0.39 is 9.84 Å². The van der Waals surface area contributed by atoms with Gasteiger partial charge >= 0.3 is 0 Å². The number of amides is 1. The Morgan fingerprint density at radius 3 is 2.84 bits per heavy atom. The lowest BCUT2D eigenvalue weighted by molar-refractivity contribution is -0.118. The molecule has 2 saturated heterocycles. The van der Waals surface area contributed by atoms with Crippen LogP contribution in [0.15, 0.2) is 29.3 Å². The van der Waals surface area contributed by atoms with Gasteiger partial charge in [0.25, 0.3) is 0 Å². The van der Waals surface area contributed by atoms with Gasteiger partial charge in [-0.15, -0.1) is 0 Å². The number of hydrogen-bond donors (Lipinski definition) is 0. The van der Waals surface area contributed by atoms with Crippen molar-refractivity contribution in [1.29, 1.82) is 0 Å². The number of hydrogen-bond acceptors (Lipinski definition) is 5. The predicted octanol–water partition coefficient (Wildman–Crippen LogP) is 4.44. The summed E-state index contributed by atoms with van der Waals surface area (Å²) in [6.45, 7) is 2.77. The second kappa shape index (κ2) is 9.94. The van der Waals surface area contributed by atoms with E-state index in [-0.39, 0.29) is 28.7 Å². The lowest BCUT2D eigenvalue weighted by Gasteiger charge is -2.25. The number of ether oxygens (including phenoxy) is 1. The fraction of sp³-hybridized carbons (Fsp3) is 0.652. The zero-order valence-corrected chi connectivity index (χ0v) is 19.8. The summed E-state index contributed by atoms with van der Waals surface area (Å²) in [6.07, 6.45) is 8.39. The maximum Gasteiger partial charge on any atom is 0.248 e. The molecule has 6 nitrogen and oxygen atoms in total. The summed E-state index contributed by atoms with van der Waals surface area (Å²) < 4.78 is 30.4. The number of nitrogens with zero attached hydrogens (tertiary/aromatic N) is 2. The largest absolute Gasteiger partial charge is 0.494 e. The van der Waals surface area contributed by atoms with Crippen molar-refractivity contribution in [2.24, 2.45) is 10.9 Å². The first-order chi connectivity index (χ1) is 14.9. The van der Waals surface area contributed by atoms with Gasteiger partial charge in [0.05, 0.1) is 24.2 Å². The van der Waals surface area contributed by atoms with Crippen LogP contribution in [-0.4, -0.2) is 48.9 Å². The maximum atomic E-state index is 12.7. The number of fused-ring (bicyclic) bond motifs is 1. The van der Waals surface area contributed by atoms with Gasteiger partial charge in [0.2, 0.25) is 5.91 Å². The predicted molar refractivity (Wildman–Crippen MR) is 127 cm³/mol. The van der Waals surface area contributed by atoms with E-state index in [0.29, 0.717) is 24.1 Å². The molecule has 1 aliphatic carbocycles. The minimum atomic E-state index is -3.08. The Morgan fingerprint density at radius 1 is 1.26 bits per heavy atom. The molecule has 0 aromatic heterocycles. The van der Waals surface area contributed by atoms with Crippen molar-refractivity contribution in [3.05, 3.63) is 24.3 Å². The van der Waals surface area contributed by atoms with E-state index in [1.54, 1.807) is 0 Å². The molecule has 31 heavy (non-hydrogen) atoms. The Labute approximate surface area is 189 Å². The highest BCUT2D eigenvalue weighted by atomic mass is 32.2. The third-order valence-electron chi connectivity index (χ3n) is 6.39. The molecule has 3 aliphatic rings. The normalized spacial score (nSPS) is 26.5. The zero-order valence-electron chi connectivity index (χ0n) is 18.2. The molecule has 2 atom stereocenters. The average molecular weight is 465 g/mol. The van der Waals surface area contributed by atoms with Gasteiger partial charge in [-0.25, -0.2) is 8.42 Å². The van der Waals surface area contributed by atoms with Crippen LogP contribution < -0.4 is 9.64 Å². The summed E-state index contributed by atoms with van der Waals surface area (Å²) in [4.78, 5) is 19.1. The summed E-state index contributed by atoms with van der Waals surface area (Å²) in [6, 6.07) is 7.51. The lowest BCUT2D eigenvalue weighted by Crippen LogP contribution is -2.37. The molecule has 2 heterocycles. The number of carbonyl (C=O) groups excluding carboxylic acids is 1. The van der Waals surface area contributed by atoms with Gasteiger partial charge in [0, 0.05) is 23.4 Å². The van der Waals surface area contributed by atoms with Gasteiger partial charge < -0.3 is 9.64 Å². The first-order valence-electron chi connectivity index (χ1n) is 11.5. The van der Waals surface area contributed by atoms with Gasteiger partial charge in [-0.3, -0.25) is 4.79 Å². The molecule has 1 aromatic rings. The molecule has 0 unspecified atom stereocenters. The van der Waals surface area contributed by atoms with Gasteiger partial charge in [0.15, 0.2) is 15.0 Å². The van der Waals surface area contributed by atoms with Crippen LogP contribution in [0.2, 0.25) is 0 Å². The Balaban J connectivity index is 1.53. The van der Waals surface area contributed by atoms with Crippen molar-refractivity contribution < 1.29 is 17.9 Å². The number of amidine groups is 1. The minimum Gasteiger partial charge on any atom is -0.494 e. The molecule has 1 amide bonds. The fourth-order valence-electron chi connectivity index (χ4n) is 4.71. The molecule has 170 valence electrons. The Morgan fingerprint density at radius 2 is 2.06 bits per heavy atom. The molecule has 0 spiro atoms. The van der Waals surface area contributed by atoms with Crippen molar-refractivity contribution in [3.8, 4) is 5.75 Å². The van der Waals surface area contributed by atoms with Crippen LogP contribution in [0.25, 0.3) is 0 Å². The number of sulfone groups is 1. The SMILES string of the molecule is CCCCOc1cccc(N2C(=NC(=O)CCC3CCCC3)S[C@@H]3CS(=O)(=O)C[C@@H]32)c1. The van der Waals surface area contributed by atoms with E-state index in [4.69, 9.17) is 4.74 Å². The van der Waals surface area contributed by atoms with Crippen LogP contribution in [-0.2, 0) is 14.6 Å². The fourth-order valence-corrected chi connectivity index (χ4v) is 8.64. The van der Waals surface area contributed by atoms with Crippen LogP contribution in [0.3, 0.4) is 0 Å². The minimum absolute atomic E-state index is 0.0870. The van der Waals surface area contributed by atoms with E-state index in [9.17, 15) is 13.2 Å². The van der Waals surface area contributed by atoms with E-state index in [1.807, 2.05) is 29.2 Å². The van der Waals surface area contributed by atoms with Crippen LogP contribution in [0.1, 0.15) is 58.3 Å². The Kier molecular flexibility index (Phi) is 7.26. The van der Waals surface area contributed by atoms with Crippen molar-refractivity contribution in [2.75, 3.05) is 23.0 Å². The van der Waals surface area contributed by atoms with Gasteiger partial charge in [-0.2, -0.15) is 4.99 Å². The van der Waals surface area contributed by atoms with Crippen LogP contribution in [0.4, 0.5) is 5.69 Å². The standard InChI is InChI=1S/C23H32N2O4S2/c1-2-3-13-29-19-10-6-9-18(14-19)25-20-15-31(27,28)16-21(20)30-23(25)24-22(26)12-11-17-7-4-5-8-17/h6,9-10,14,17,20-21H,2-5,7-8,11-13,15-16H2,1H3/t20-,21+/m0/s1. The van der Waals surface area contributed by atoms with Gasteiger partial charge in [0.1, 0.15) is 5.75 Å². The molecule has 4 rings (SSSR count). The van der Waals surface area contributed by atoms with Crippen molar-refractivity contribution in [2.45, 2.75) is 69.6 Å². The topological polar surface area (TPSA) is 76.0 Å². The Hall–Kier alpha value is -1.54. The molecule has 0 N–H and O–H groups in total. The molecular formula is C23H32N2O4S2. The highest BCUT2D eigenvalue weighted by Gasteiger charge is 2.49. The first-order valence-corrected chi connectivity index (χ1v) is 14.2. The van der Waals surface area contributed by atoms with Crippen molar-refractivity contribution in [1.82, 2.24) is 0 Å². The van der Waals surface area contributed by atoms with E-state index in [0.717, 1.165) is 30.7 Å². The zero-order chi connectivity index (χ0) is 21.8. The van der Waals surface area contributed by atoms with Crippen LogP contribution in [0, 0.1) is 5.92 Å². The summed E-state index contributed by atoms with van der Waals surface area (Å²) in [7, 11) is -3.08. The number of anilines is 1. The summed E-state index contributed by atoms with van der Waals surface area (Å²) in [5.74, 6) is 1.55. The molecule has 0 bridgehead atoms. The van der Waals surface area contributed by atoms with E-state index in [2.05, 4.69) is 11.9 Å². The first kappa shape index (κ1) is 22.6. The molecule has 1 saturated carbocycles. The van der Waals surface area contributed by atoms with Crippen LogP contribution in [0.5, 0.6) is 5.75 Å². The number of rotatable bonds is 8. The second-order valence-electron chi connectivity index (χ2n) is 8.85. The van der Waals surface area contributed by atoms with Gasteiger partial charge in [-0.1, -0.05) is 56.9 Å².